The average molecular weight is 448 g/mol. The molecule has 0 saturated carbocycles. The van der Waals surface area contributed by atoms with Gasteiger partial charge in [-0.1, -0.05) is 17.8 Å². The second kappa shape index (κ2) is 9.20. The Morgan fingerprint density at radius 3 is 2.66 bits per heavy atom. The summed E-state index contributed by atoms with van der Waals surface area (Å²) in [5.74, 6) is 0.208. The fourth-order valence-corrected chi connectivity index (χ4v) is 5.48. The fraction of sp³-hybridized carbons (Fsp3) is 0.579. The molecule has 0 aliphatic carbocycles. The lowest BCUT2D eigenvalue weighted by molar-refractivity contribution is -0.192. The van der Waals surface area contributed by atoms with E-state index in [0.717, 1.165) is 10.4 Å². The predicted octanol–water partition coefficient (Wildman–Crippen LogP) is 4.01. The quantitative estimate of drug-likeness (QED) is 0.365. The minimum absolute atomic E-state index is 0.0708. The minimum atomic E-state index is -4.31. The summed E-state index contributed by atoms with van der Waals surface area (Å²) in [5, 5.41) is 1.02. The maximum atomic E-state index is 13.6. The van der Waals surface area contributed by atoms with Crippen LogP contribution in [0.25, 0.3) is 10.2 Å². The molecule has 0 aromatic carbocycles. The Balaban J connectivity index is 1.82. The van der Waals surface area contributed by atoms with Gasteiger partial charge in [0, 0.05) is 30.3 Å². The molecular formula is C19H24F3N3O2S2. The largest absolute Gasteiger partial charge is 0.404 e. The normalized spacial score (nSPS) is 17.0. The van der Waals surface area contributed by atoms with Gasteiger partial charge in [-0.05, 0) is 25.8 Å². The van der Waals surface area contributed by atoms with Crippen LogP contribution in [-0.4, -0.2) is 58.7 Å². The highest BCUT2D eigenvalue weighted by atomic mass is 32.2. The van der Waals surface area contributed by atoms with Crippen molar-refractivity contribution in [2.24, 2.45) is 0 Å². The molecule has 0 bridgehead atoms. The number of halogens is 3. The Labute approximate surface area is 175 Å². The molecular weight excluding hydrogens is 423 g/mol. The number of aromatic nitrogens is 2. The molecule has 1 atom stereocenters. The molecule has 1 aliphatic heterocycles. The number of allylic oxidation sites excluding steroid dienone is 1. The highest BCUT2D eigenvalue weighted by Crippen LogP contribution is 2.31. The molecule has 2 aromatic heterocycles. The van der Waals surface area contributed by atoms with Crippen molar-refractivity contribution in [2.75, 3.05) is 32.1 Å². The summed E-state index contributed by atoms with van der Waals surface area (Å²) in [5.41, 5.74) is 0.737. The van der Waals surface area contributed by atoms with E-state index in [2.05, 4.69) is 11.6 Å². The Morgan fingerprint density at radius 2 is 2.03 bits per heavy atom. The first-order chi connectivity index (χ1) is 13.7. The lowest BCUT2D eigenvalue weighted by atomic mass is 10.1. The Bertz CT molecular complexity index is 933. The molecule has 29 heavy (non-hydrogen) atoms. The molecule has 0 spiro atoms. The number of rotatable bonds is 7. The molecule has 2 aromatic rings. The van der Waals surface area contributed by atoms with Crippen LogP contribution in [0.4, 0.5) is 13.2 Å². The number of hydrogen-bond acceptors (Lipinski definition) is 6. The monoisotopic (exact) mass is 447 g/mol. The number of thioether (sulfide) groups is 1. The summed E-state index contributed by atoms with van der Waals surface area (Å²) in [7, 11) is 0. The van der Waals surface area contributed by atoms with E-state index in [1.807, 2.05) is 13.8 Å². The number of alkyl halides is 3. The highest BCUT2D eigenvalue weighted by molar-refractivity contribution is 7.99. The van der Waals surface area contributed by atoms with Gasteiger partial charge >= 0.3 is 6.18 Å². The summed E-state index contributed by atoms with van der Waals surface area (Å²) >= 11 is 2.63. The molecule has 0 N–H and O–H groups in total. The summed E-state index contributed by atoms with van der Waals surface area (Å²) in [6.07, 6.45) is -2.78. The van der Waals surface area contributed by atoms with Crippen molar-refractivity contribution < 1.29 is 17.9 Å². The van der Waals surface area contributed by atoms with E-state index < -0.39 is 12.2 Å². The summed E-state index contributed by atoms with van der Waals surface area (Å²) in [6.45, 7) is 8.95. The van der Waals surface area contributed by atoms with Crippen molar-refractivity contribution in [1.82, 2.24) is 14.5 Å². The third-order valence-corrected chi connectivity index (χ3v) is 7.16. The average Bonchev–Trinajstić information content (AvgIpc) is 2.95. The molecule has 10 heteroatoms. The van der Waals surface area contributed by atoms with E-state index in [4.69, 9.17) is 4.74 Å². The third kappa shape index (κ3) is 4.87. The van der Waals surface area contributed by atoms with Crippen molar-refractivity contribution in [3.05, 3.63) is 33.4 Å². The van der Waals surface area contributed by atoms with Gasteiger partial charge in [-0.3, -0.25) is 14.3 Å². The van der Waals surface area contributed by atoms with Gasteiger partial charge in [0.2, 0.25) is 0 Å². The van der Waals surface area contributed by atoms with Crippen LogP contribution in [0.2, 0.25) is 0 Å². The van der Waals surface area contributed by atoms with Gasteiger partial charge in [0.05, 0.1) is 18.6 Å². The molecule has 1 fully saturated rings. The van der Waals surface area contributed by atoms with E-state index in [-0.39, 0.29) is 37.4 Å². The van der Waals surface area contributed by atoms with Gasteiger partial charge in [0.25, 0.3) is 5.56 Å². The van der Waals surface area contributed by atoms with Crippen LogP contribution >= 0.6 is 23.1 Å². The van der Waals surface area contributed by atoms with Crippen LogP contribution in [0.5, 0.6) is 0 Å². The van der Waals surface area contributed by atoms with E-state index in [0.29, 0.717) is 28.6 Å². The minimum Gasteiger partial charge on any atom is -0.379 e. The third-order valence-electron chi connectivity index (χ3n) is 5.05. The maximum absolute atomic E-state index is 13.6. The SMILES string of the molecule is C=CCn1c(SCCC(N2CCOCC2)C(F)(F)F)nc2sc(C)c(C)c2c1=O. The van der Waals surface area contributed by atoms with Gasteiger partial charge in [0.1, 0.15) is 10.9 Å². The number of ether oxygens (including phenoxy) is 1. The Hall–Kier alpha value is -1.36. The number of aryl methyl sites for hydroxylation is 2. The van der Waals surface area contributed by atoms with E-state index in [1.54, 1.807) is 6.08 Å². The predicted molar refractivity (Wildman–Crippen MR) is 111 cm³/mol. The zero-order valence-electron chi connectivity index (χ0n) is 16.4. The number of fused-ring (bicyclic) bond motifs is 1. The number of nitrogens with zero attached hydrogens (tertiary/aromatic N) is 3. The summed E-state index contributed by atoms with van der Waals surface area (Å²) in [4.78, 5) is 20.6. The van der Waals surface area contributed by atoms with Gasteiger partial charge in [0.15, 0.2) is 5.16 Å². The molecule has 0 radical (unpaired) electrons. The lowest BCUT2D eigenvalue weighted by Gasteiger charge is -2.35. The van der Waals surface area contributed by atoms with Crippen LogP contribution in [0.3, 0.4) is 0 Å². The van der Waals surface area contributed by atoms with E-state index in [9.17, 15) is 18.0 Å². The van der Waals surface area contributed by atoms with Crippen LogP contribution in [0.15, 0.2) is 22.6 Å². The molecule has 0 amide bonds. The molecule has 1 unspecified atom stereocenters. The van der Waals surface area contributed by atoms with Gasteiger partial charge in [-0.15, -0.1) is 17.9 Å². The lowest BCUT2D eigenvalue weighted by Crippen LogP contribution is -2.50. The Kier molecular flexibility index (Phi) is 7.08. The second-order valence-electron chi connectivity index (χ2n) is 6.91. The van der Waals surface area contributed by atoms with Crippen LogP contribution in [0.1, 0.15) is 16.9 Å². The fourth-order valence-electron chi connectivity index (χ4n) is 3.41. The molecule has 160 valence electrons. The topological polar surface area (TPSA) is 47.4 Å². The first kappa shape index (κ1) is 22.3. The van der Waals surface area contributed by atoms with Gasteiger partial charge in [-0.25, -0.2) is 4.98 Å². The summed E-state index contributed by atoms with van der Waals surface area (Å²) < 4.78 is 47.4. The van der Waals surface area contributed by atoms with Gasteiger partial charge in [-0.2, -0.15) is 13.2 Å². The molecule has 1 saturated heterocycles. The van der Waals surface area contributed by atoms with E-state index >= 15 is 0 Å². The zero-order chi connectivity index (χ0) is 21.2. The van der Waals surface area contributed by atoms with Crippen LogP contribution in [0, 0.1) is 13.8 Å². The number of morpholine rings is 1. The van der Waals surface area contributed by atoms with Crippen LogP contribution < -0.4 is 5.56 Å². The zero-order valence-corrected chi connectivity index (χ0v) is 18.1. The number of hydrogen-bond donors (Lipinski definition) is 0. The summed E-state index contributed by atoms with van der Waals surface area (Å²) in [6, 6.07) is -1.52. The Morgan fingerprint density at radius 1 is 1.34 bits per heavy atom. The first-order valence-corrected chi connectivity index (χ1v) is 11.2. The first-order valence-electron chi connectivity index (χ1n) is 9.36. The highest BCUT2D eigenvalue weighted by Gasteiger charge is 2.43. The van der Waals surface area contributed by atoms with E-state index in [1.165, 1.54) is 32.6 Å². The number of thiophene rings is 1. The maximum Gasteiger partial charge on any atom is 0.404 e. The van der Waals surface area contributed by atoms with Crippen molar-refractivity contribution in [2.45, 2.75) is 44.2 Å². The van der Waals surface area contributed by atoms with Gasteiger partial charge < -0.3 is 4.74 Å². The molecule has 1 aliphatic rings. The van der Waals surface area contributed by atoms with Crippen molar-refractivity contribution in [3.63, 3.8) is 0 Å². The van der Waals surface area contributed by atoms with Crippen molar-refractivity contribution >= 4 is 33.3 Å². The van der Waals surface area contributed by atoms with Crippen molar-refractivity contribution in [3.8, 4) is 0 Å². The van der Waals surface area contributed by atoms with Crippen molar-refractivity contribution in [1.29, 1.82) is 0 Å². The standard InChI is InChI=1S/C19H24F3N3O2S2/c1-4-6-25-17(26)15-12(2)13(3)29-16(15)23-18(25)28-11-5-14(19(20,21)22)24-7-9-27-10-8-24/h4,14H,1,5-11H2,2-3H3. The smallest absolute Gasteiger partial charge is 0.379 e. The second-order valence-corrected chi connectivity index (χ2v) is 9.17. The molecule has 3 heterocycles. The molecule has 5 nitrogen and oxygen atoms in total. The van der Waals surface area contributed by atoms with Crippen LogP contribution in [-0.2, 0) is 11.3 Å². The molecule has 3 rings (SSSR count).